The third-order valence-corrected chi connectivity index (χ3v) is 3.77. The van der Waals surface area contributed by atoms with E-state index in [-0.39, 0.29) is 5.91 Å². The number of fused-ring (bicyclic) bond motifs is 1. The van der Waals surface area contributed by atoms with Crippen LogP contribution in [0.5, 0.6) is 0 Å². The molecule has 2 heteroatoms. The summed E-state index contributed by atoms with van der Waals surface area (Å²) in [4.78, 5) is 12.5. The predicted molar refractivity (Wildman–Crippen MR) is 92.3 cm³/mol. The summed E-state index contributed by atoms with van der Waals surface area (Å²) in [7, 11) is 0. The van der Waals surface area contributed by atoms with Crippen LogP contribution in [-0.2, 0) is 6.42 Å². The molecule has 1 N–H and O–H groups in total. The first-order valence-electron chi connectivity index (χ1n) is 7.66. The number of rotatable bonds is 4. The average molecular weight is 289 g/mol. The van der Waals surface area contributed by atoms with Gasteiger partial charge in [0.2, 0.25) is 0 Å². The summed E-state index contributed by atoms with van der Waals surface area (Å²) in [5, 5.41) is 5.22. The minimum Gasteiger partial charge on any atom is -0.321 e. The van der Waals surface area contributed by atoms with E-state index in [1.54, 1.807) is 0 Å². The first kappa shape index (κ1) is 14.3. The van der Waals surface area contributed by atoms with Gasteiger partial charge in [-0.15, -0.1) is 0 Å². The van der Waals surface area contributed by atoms with Crippen LogP contribution in [0.2, 0.25) is 0 Å². The monoisotopic (exact) mass is 289 g/mol. The molecule has 0 fully saturated rings. The molecule has 2 nitrogen and oxygen atoms in total. The zero-order valence-corrected chi connectivity index (χ0v) is 12.7. The van der Waals surface area contributed by atoms with Crippen LogP contribution < -0.4 is 5.32 Å². The maximum atomic E-state index is 12.5. The summed E-state index contributed by atoms with van der Waals surface area (Å²) in [5.41, 5.74) is 2.76. The SMILES string of the molecule is CCCc1cccc(C(=O)Nc2cccc3ccccc23)c1. The van der Waals surface area contributed by atoms with Crippen LogP contribution in [0.3, 0.4) is 0 Å². The molecule has 0 atom stereocenters. The highest BCUT2D eigenvalue weighted by atomic mass is 16.1. The topological polar surface area (TPSA) is 29.1 Å². The van der Waals surface area contributed by atoms with Gasteiger partial charge in [0.25, 0.3) is 5.91 Å². The number of amides is 1. The molecule has 0 unspecified atom stereocenters. The Morgan fingerprint density at radius 2 is 1.73 bits per heavy atom. The van der Waals surface area contributed by atoms with E-state index in [0.717, 1.165) is 29.3 Å². The van der Waals surface area contributed by atoms with Crippen molar-refractivity contribution in [2.75, 3.05) is 5.32 Å². The van der Waals surface area contributed by atoms with Crippen LogP contribution in [0.4, 0.5) is 5.69 Å². The van der Waals surface area contributed by atoms with Gasteiger partial charge in [-0.25, -0.2) is 0 Å². The van der Waals surface area contributed by atoms with Crippen LogP contribution in [0, 0.1) is 0 Å². The molecule has 110 valence electrons. The van der Waals surface area contributed by atoms with E-state index in [4.69, 9.17) is 0 Å². The second-order valence-corrected chi connectivity index (χ2v) is 5.43. The molecule has 3 aromatic carbocycles. The van der Waals surface area contributed by atoms with Gasteiger partial charge < -0.3 is 5.32 Å². The Labute approximate surface area is 130 Å². The van der Waals surface area contributed by atoms with Crippen molar-refractivity contribution in [2.45, 2.75) is 19.8 Å². The van der Waals surface area contributed by atoms with Gasteiger partial charge in [-0.1, -0.05) is 61.9 Å². The fourth-order valence-electron chi connectivity index (χ4n) is 2.69. The summed E-state index contributed by atoms with van der Waals surface area (Å²) in [6.07, 6.45) is 2.07. The summed E-state index contributed by atoms with van der Waals surface area (Å²) < 4.78 is 0. The minimum atomic E-state index is -0.0608. The molecule has 0 heterocycles. The zero-order valence-electron chi connectivity index (χ0n) is 12.7. The lowest BCUT2D eigenvalue weighted by Crippen LogP contribution is -2.12. The Kier molecular flexibility index (Phi) is 4.19. The molecular weight excluding hydrogens is 270 g/mol. The molecule has 1 amide bonds. The van der Waals surface area contributed by atoms with Crippen LogP contribution in [0.25, 0.3) is 10.8 Å². The molecule has 0 saturated heterocycles. The Morgan fingerprint density at radius 1 is 0.955 bits per heavy atom. The fraction of sp³-hybridized carbons (Fsp3) is 0.150. The molecular formula is C20H19NO. The van der Waals surface area contributed by atoms with E-state index >= 15 is 0 Å². The van der Waals surface area contributed by atoms with E-state index in [9.17, 15) is 4.79 Å². The van der Waals surface area contributed by atoms with Crippen LogP contribution in [0.1, 0.15) is 29.3 Å². The molecule has 0 bridgehead atoms. The van der Waals surface area contributed by atoms with Crippen molar-refractivity contribution in [2.24, 2.45) is 0 Å². The normalized spacial score (nSPS) is 10.6. The Balaban J connectivity index is 1.88. The number of benzene rings is 3. The van der Waals surface area contributed by atoms with Gasteiger partial charge in [-0.2, -0.15) is 0 Å². The van der Waals surface area contributed by atoms with Crippen molar-refractivity contribution in [1.29, 1.82) is 0 Å². The molecule has 22 heavy (non-hydrogen) atoms. The van der Waals surface area contributed by atoms with E-state index in [1.165, 1.54) is 5.56 Å². The molecule has 3 rings (SSSR count). The van der Waals surface area contributed by atoms with Crippen LogP contribution >= 0.6 is 0 Å². The number of carbonyl (C=O) groups excluding carboxylic acids is 1. The van der Waals surface area contributed by atoms with Gasteiger partial charge in [0.1, 0.15) is 0 Å². The van der Waals surface area contributed by atoms with Crippen molar-refractivity contribution in [1.82, 2.24) is 0 Å². The van der Waals surface area contributed by atoms with E-state index in [2.05, 4.69) is 18.3 Å². The second kappa shape index (κ2) is 6.44. The van der Waals surface area contributed by atoms with E-state index in [1.807, 2.05) is 60.7 Å². The van der Waals surface area contributed by atoms with Gasteiger partial charge >= 0.3 is 0 Å². The fourth-order valence-corrected chi connectivity index (χ4v) is 2.69. The lowest BCUT2D eigenvalue weighted by atomic mass is 10.1. The van der Waals surface area contributed by atoms with E-state index < -0.39 is 0 Å². The lowest BCUT2D eigenvalue weighted by Gasteiger charge is -2.09. The summed E-state index contributed by atoms with van der Waals surface area (Å²) in [5.74, 6) is -0.0608. The quantitative estimate of drug-likeness (QED) is 0.716. The highest BCUT2D eigenvalue weighted by molar-refractivity contribution is 6.09. The molecule has 0 saturated carbocycles. The Bertz CT molecular complexity index is 802. The number of carbonyl (C=O) groups is 1. The standard InChI is InChI=1S/C20H19NO/c1-2-7-15-8-5-11-17(14-15)20(22)21-19-13-6-10-16-9-3-4-12-18(16)19/h3-6,8-14H,2,7H2,1H3,(H,21,22). The van der Waals surface area contributed by atoms with Crippen molar-refractivity contribution in [3.63, 3.8) is 0 Å². The van der Waals surface area contributed by atoms with Crippen LogP contribution in [-0.4, -0.2) is 5.91 Å². The average Bonchev–Trinajstić information content (AvgIpc) is 2.56. The zero-order chi connectivity index (χ0) is 15.4. The van der Waals surface area contributed by atoms with Crippen molar-refractivity contribution < 1.29 is 4.79 Å². The van der Waals surface area contributed by atoms with Gasteiger partial charge in [-0.3, -0.25) is 4.79 Å². The number of aryl methyl sites for hydroxylation is 1. The van der Waals surface area contributed by atoms with Gasteiger partial charge in [0, 0.05) is 16.6 Å². The maximum Gasteiger partial charge on any atom is 0.255 e. The molecule has 0 radical (unpaired) electrons. The van der Waals surface area contributed by atoms with Gasteiger partial charge in [0.05, 0.1) is 0 Å². The molecule has 0 aliphatic carbocycles. The van der Waals surface area contributed by atoms with Gasteiger partial charge in [0.15, 0.2) is 0 Å². The number of nitrogens with one attached hydrogen (secondary N) is 1. The minimum absolute atomic E-state index is 0.0608. The third kappa shape index (κ3) is 3.01. The van der Waals surface area contributed by atoms with E-state index in [0.29, 0.717) is 5.56 Å². The molecule has 0 spiro atoms. The Hall–Kier alpha value is -2.61. The highest BCUT2D eigenvalue weighted by Gasteiger charge is 2.08. The second-order valence-electron chi connectivity index (χ2n) is 5.43. The maximum absolute atomic E-state index is 12.5. The molecule has 0 aromatic heterocycles. The molecule has 0 aliphatic heterocycles. The summed E-state index contributed by atoms with van der Waals surface area (Å²) >= 11 is 0. The highest BCUT2D eigenvalue weighted by Crippen LogP contribution is 2.23. The largest absolute Gasteiger partial charge is 0.321 e. The number of hydrogen-bond donors (Lipinski definition) is 1. The molecule has 0 aliphatic rings. The summed E-state index contributed by atoms with van der Waals surface area (Å²) in [6.45, 7) is 2.14. The van der Waals surface area contributed by atoms with Crippen LogP contribution in [0.15, 0.2) is 66.7 Å². The first-order chi connectivity index (χ1) is 10.8. The lowest BCUT2D eigenvalue weighted by molar-refractivity contribution is 0.102. The van der Waals surface area contributed by atoms with Crippen molar-refractivity contribution in [3.8, 4) is 0 Å². The summed E-state index contributed by atoms with van der Waals surface area (Å²) in [6, 6.07) is 21.9. The van der Waals surface area contributed by atoms with Crippen molar-refractivity contribution >= 4 is 22.4 Å². The third-order valence-electron chi connectivity index (χ3n) is 3.77. The smallest absolute Gasteiger partial charge is 0.255 e. The predicted octanol–water partition coefficient (Wildman–Crippen LogP) is 5.04. The number of hydrogen-bond acceptors (Lipinski definition) is 1. The van der Waals surface area contributed by atoms with Crippen molar-refractivity contribution in [3.05, 3.63) is 77.9 Å². The van der Waals surface area contributed by atoms with Gasteiger partial charge in [-0.05, 0) is 35.6 Å². The Morgan fingerprint density at radius 3 is 2.59 bits per heavy atom. The molecule has 3 aromatic rings. The number of anilines is 1. The first-order valence-corrected chi connectivity index (χ1v) is 7.66.